The molecule has 0 heterocycles. The lowest BCUT2D eigenvalue weighted by atomic mass is 10.2. The zero-order valence-corrected chi connectivity index (χ0v) is 10.8. The summed E-state index contributed by atoms with van der Waals surface area (Å²) in [6.07, 6.45) is 1.27. The Kier molecular flexibility index (Phi) is 4.62. The van der Waals surface area contributed by atoms with Gasteiger partial charge in [-0.25, -0.2) is 8.42 Å². The first-order valence-corrected chi connectivity index (χ1v) is 7.31. The first kappa shape index (κ1) is 13.3. The van der Waals surface area contributed by atoms with Gasteiger partial charge in [-0.3, -0.25) is 0 Å². The highest BCUT2D eigenvalue weighted by molar-refractivity contribution is 7.91. The number of hydrogen-bond donors (Lipinski definition) is 1. The molecule has 0 amide bonds. The second-order valence-electron chi connectivity index (χ2n) is 3.76. The smallest absolute Gasteiger partial charge is 0.180 e. The molecule has 0 radical (unpaired) electrons. The molecule has 5 heteroatoms. The van der Waals surface area contributed by atoms with E-state index in [0.717, 1.165) is 5.56 Å². The van der Waals surface area contributed by atoms with Gasteiger partial charge in [-0.2, -0.15) is 0 Å². The summed E-state index contributed by atoms with van der Waals surface area (Å²) < 4.78 is 23.9. The monoisotopic (exact) mass is 261 g/mol. The Bertz CT molecular complexity index is 457. The topological polar surface area (TPSA) is 60.2 Å². The highest BCUT2D eigenvalue weighted by Crippen LogP contribution is 2.21. The molecule has 0 aliphatic heterocycles. The number of halogens is 1. The van der Waals surface area contributed by atoms with Crippen LogP contribution in [0.5, 0.6) is 0 Å². The zero-order valence-electron chi connectivity index (χ0n) is 9.24. The lowest BCUT2D eigenvalue weighted by molar-refractivity contribution is 0.593. The summed E-state index contributed by atoms with van der Waals surface area (Å²) in [5.41, 5.74) is 6.88. The van der Waals surface area contributed by atoms with E-state index in [9.17, 15) is 8.42 Å². The SMILES string of the molecule is Cc1ccc(N)c(S(=O)(=O)CCCCCl)c1. The van der Waals surface area contributed by atoms with Crippen LogP contribution in [-0.4, -0.2) is 20.1 Å². The van der Waals surface area contributed by atoms with Gasteiger partial charge in [0.2, 0.25) is 0 Å². The van der Waals surface area contributed by atoms with Crippen molar-refractivity contribution in [3.63, 3.8) is 0 Å². The van der Waals surface area contributed by atoms with E-state index in [1.807, 2.05) is 6.92 Å². The van der Waals surface area contributed by atoms with Crippen LogP contribution in [0.25, 0.3) is 0 Å². The van der Waals surface area contributed by atoms with Crippen molar-refractivity contribution in [3.8, 4) is 0 Å². The molecule has 0 aliphatic rings. The molecule has 0 aromatic heterocycles. The van der Waals surface area contributed by atoms with Crippen LogP contribution in [0, 0.1) is 6.92 Å². The molecule has 0 saturated heterocycles. The van der Waals surface area contributed by atoms with Crippen molar-refractivity contribution in [2.75, 3.05) is 17.4 Å². The predicted octanol–water partition coefficient (Wildman–Crippen LogP) is 2.37. The molecule has 0 aliphatic carbocycles. The van der Waals surface area contributed by atoms with Gasteiger partial charge in [0, 0.05) is 5.88 Å². The number of anilines is 1. The maximum atomic E-state index is 12.0. The van der Waals surface area contributed by atoms with E-state index in [1.165, 1.54) is 0 Å². The highest BCUT2D eigenvalue weighted by atomic mass is 35.5. The average molecular weight is 262 g/mol. The van der Waals surface area contributed by atoms with Crippen molar-refractivity contribution < 1.29 is 8.42 Å². The van der Waals surface area contributed by atoms with Crippen LogP contribution in [0.15, 0.2) is 23.1 Å². The fourth-order valence-electron chi connectivity index (χ4n) is 1.41. The van der Waals surface area contributed by atoms with Crippen LogP contribution in [-0.2, 0) is 9.84 Å². The first-order chi connectivity index (χ1) is 7.47. The number of nitrogens with two attached hydrogens (primary N) is 1. The Morgan fingerprint density at radius 3 is 2.62 bits per heavy atom. The second-order valence-corrected chi connectivity index (χ2v) is 6.21. The van der Waals surface area contributed by atoms with E-state index >= 15 is 0 Å². The number of benzene rings is 1. The second kappa shape index (κ2) is 5.55. The molecule has 90 valence electrons. The normalized spacial score (nSPS) is 11.6. The van der Waals surface area contributed by atoms with Gasteiger partial charge in [-0.15, -0.1) is 11.6 Å². The molecule has 1 aromatic carbocycles. The maximum absolute atomic E-state index is 12.0. The summed E-state index contributed by atoms with van der Waals surface area (Å²) >= 11 is 5.51. The van der Waals surface area contributed by atoms with Gasteiger partial charge in [0.25, 0.3) is 0 Å². The molecule has 1 aromatic rings. The van der Waals surface area contributed by atoms with Crippen molar-refractivity contribution in [2.24, 2.45) is 0 Å². The van der Waals surface area contributed by atoms with Gasteiger partial charge in [-0.1, -0.05) is 6.07 Å². The standard InChI is InChI=1S/C11H16ClNO2S/c1-9-4-5-10(13)11(8-9)16(14,15)7-3-2-6-12/h4-5,8H,2-3,6-7,13H2,1H3. The molecule has 2 N–H and O–H groups in total. The van der Waals surface area contributed by atoms with E-state index in [0.29, 0.717) is 24.4 Å². The number of rotatable bonds is 5. The van der Waals surface area contributed by atoms with Gasteiger partial charge in [0.15, 0.2) is 9.84 Å². The van der Waals surface area contributed by atoms with Crippen LogP contribution in [0.2, 0.25) is 0 Å². The Hall–Kier alpha value is -0.740. The number of alkyl halides is 1. The zero-order chi connectivity index (χ0) is 12.2. The van der Waals surface area contributed by atoms with Crippen LogP contribution in [0.1, 0.15) is 18.4 Å². The summed E-state index contributed by atoms with van der Waals surface area (Å²) in [6.45, 7) is 1.84. The Balaban J connectivity index is 2.93. The Morgan fingerprint density at radius 1 is 1.31 bits per heavy atom. The molecular weight excluding hydrogens is 246 g/mol. The number of hydrogen-bond acceptors (Lipinski definition) is 3. The highest BCUT2D eigenvalue weighted by Gasteiger charge is 2.17. The molecule has 16 heavy (non-hydrogen) atoms. The number of aryl methyl sites for hydroxylation is 1. The number of nitrogen functional groups attached to an aromatic ring is 1. The van der Waals surface area contributed by atoms with Gasteiger partial charge in [-0.05, 0) is 37.5 Å². The Morgan fingerprint density at radius 2 is 2.00 bits per heavy atom. The minimum Gasteiger partial charge on any atom is -0.398 e. The molecule has 0 fully saturated rings. The van der Waals surface area contributed by atoms with E-state index in [-0.39, 0.29) is 10.6 Å². The molecule has 1 rings (SSSR count). The third kappa shape index (κ3) is 3.39. The summed E-state index contributed by atoms with van der Waals surface area (Å²) in [5.74, 6) is 0.589. The molecule has 0 bridgehead atoms. The number of unbranched alkanes of at least 4 members (excludes halogenated alkanes) is 1. The van der Waals surface area contributed by atoms with Crippen molar-refractivity contribution >= 4 is 27.1 Å². The maximum Gasteiger partial charge on any atom is 0.180 e. The van der Waals surface area contributed by atoms with E-state index in [4.69, 9.17) is 17.3 Å². The van der Waals surface area contributed by atoms with Gasteiger partial charge in [0.1, 0.15) is 0 Å². The van der Waals surface area contributed by atoms with Crippen LogP contribution < -0.4 is 5.73 Å². The van der Waals surface area contributed by atoms with Gasteiger partial charge < -0.3 is 5.73 Å². The van der Waals surface area contributed by atoms with E-state index < -0.39 is 9.84 Å². The fourth-order valence-corrected chi connectivity index (χ4v) is 3.19. The van der Waals surface area contributed by atoms with Crippen molar-refractivity contribution in [1.82, 2.24) is 0 Å². The minimum absolute atomic E-state index is 0.105. The van der Waals surface area contributed by atoms with Crippen LogP contribution in [0.3, 0.4) is 0 Å². The summed E-state index contributed by atoms with van der Waals surface area (Å²) in [4.78, 5) is 0.238. The van der Waals surface area contributed by atoms with Gasteiger partial charge in [0.05, 0.1) is 16.3 Å². The quantitative estimate of drug-likeness (QED) is 0.503. The van der Waals surface area contributed by atoms with E-state index in [2.05, 4.69) is 0 Å². The lowest BCUT2D eigenvalue weighted by Gasteiger charge is -2.07. The molecule has 0 saturated carbocycles. The fraction of sp³-hybridized carbons (Fsp3) is 0.455. The average Bonchev–Trinajstić information content (AvgIpc) is 2.22. The third-order valence-corrected chi connectivity index (χ3v) is 4.42. The van der Waals surface area contributed by atoms with E-state index in [1.54, 1.807) is 18.2 Å². The van der Waals surface area contributed by atoms with Crippen LogP contribution >= 0.6 is 11.6 Å². The predicted molar refractivity (Wildman–Crippen MR) is 67.6 cm³/mol. The molecular formula is C11H16ClNO2S. The van der Waals surface area contributed by atoms with Crippen molar-refractivity contribution in [1.29, 1.82) is 0 Å². The number of sulfone groups is 1. The first-order valence-electron chi connectivity index (χ1n) is 5.12. The largest absolute Gasteiger partial charge is 0.398 e. The van der Waals surface area contributed by atoms with Crippen molar-refractivity contribution in [3.05, 3.63) is 23.8 Å². The van der Waals surface area contributed by atoms with Gasteiger partial charge >= 0.3 is 0 Å². The molecule has 0 spiro atoms. The van der Waals surface area contributed by atoms with Crippen LogP contribution in [0.4, 0.5) is 5.69 Å². The summed E-state index contributed by atoms with van der Waals surface area (Å²) in [7, 11) is -3.27. The summed E-state index contributed by atoms with van der Waals surface area (Å²) in [5, 5.41) is 0. The molecule has 0 atom stereocenters. The van der Waals surface area contributed by atoms with Crippen molar-refractivity contribution in [2.45, 2.75) is 24.7 Å². The Labute approximate surface area is 102 Å². The third-order valence-electron chi connectivity index (χ3n) is 2.30. The molecule has 3 nitrogen and oxygen atoms in total. The summed E-state index contributed by atoms with van der Waals surface area (Å²) in [6, 6.07) is 5.04. The molecule has 0 unspecified atom stereocenters. The lowest BCUT2D eigenvalue weighted by Crippen LogP contribution is -2.10. The minimum atomic E-state index is -3.27.